The summed E-state index contributed by atoms with van der Waals surface area (Å²) in [6.45, 7) is 6.77. The van der Waals surface area contributed by atoms with Gasteiger partial charge in [0.05, 0.1) is 16.7 Å². The molecule has 0 aliphatic carbocycles. The summed E-state index contributed by atoms with van der Waals surface area (Å²) < 4.78 is 0. The van der Waals surface area contributed by atoms with Crippen LogP contribution in [0.15, 0.2) is 84.9 Å². The fourth-order valence-electron chi connectivity index (χ4n) is 4.50. The van der Waals surface area contributed by atoms with Crippen molar-refractivity contribution in [2.45, 2.75) is 26.2 Å². The number of nitrogens with two attached hydrogens (primary N) is 1. The van der Waals surface area contributed by atoms with Crippen molar-refractivity contribution in [3.63, 3.8) is 0 Å². The Hall–Kier alpha value is -3.52. The fraction of sp³-hybridized carbons (Fsp3) is 0.143. The van der Waals surface area contributed by atoms with Gasteiger partial charge in [0, 0.05) is 10.8 Å². The number of anilines is 1. The van der Waals surface area contributed by atoms with E-state index >= 15 is 0 Å². The number of hydrogen-bond acceptors (Lipinski definition) is 1. The Morgan fingerprint density at radius 2 is 0.967 bits per heavy atom. The molecule has 0 amide bonds. The monoisotopic (exact) mass is 390 g/mol. The van der Waals surface area contributed by atoms with Gasteiger partial charge in [-0.3, -0.25) is 0 Å². The van der Waals surface area contributed by atoms with E-state index in [0.29, 0.717) is 0 Å². The molecule has 0 fully saturated rings. The third-order valence-corrected chi connectivity index (χ3v) is 5.94. The molecule has 0 aliphatic heterocycles. The molecule has 5 aromatic rings. The molecule has 2 heteroatoms. The van der Waals surface area contributed by atoms with Crippen molar-refractivity contribution >= 4 is 49.0 Å². The first kappa shape index (κ1) is 18.5. The molecule has 0 radical (unpaired) electrons. The maximum atomic E-state index is 6.53. The van der Waals surface area contributed by atoms with E-state index in [1.807, 2.05) is 12.1 Å². The highest BCUT2D eigenvalue weighted by molar-refractivity contribution is 6.20. The Kier molecular flexibility index (Phi) is 4.18. The summed E-state index contributed by atoms with van der Waals surface area (Å²) in [5.41, 5.74) is 10.6. The molecule has 148 valence electrons. The van der Waals surface area contributed by atoms with Gasteiger partial charge in [-0.25, -0.2) is 0 Å². The largest absolute Gasteiger partial charge is 0.397 e. The third-order valence-electron chi connectivity index (χ3n) is 5.94. The zero-order chi connectivity index (χ0) is 20.9. The van der Waals surface area contributed by atoms with Gasteiger partial charge >= 0.3 is 0 Å². The van der Waals surface area contributed by atoms with Gasteiger partial charge in [-0.15, -0.1) is 0 Å². The minimum Gasteiger partial charge on any atom is -0.397 e. The van der Waals surface area contributed by atoms with Crippen LogP contribution in [0.3, 0.4) is 0 Å². The van der Waals surface area contributed by atoms with Crippen LogP contribution in [0.25, 0.3) is 43.4 Å². The smallest absolute Gasteiger partial charge is 0.0697 e. The molecule has 4 aromatic carbocycles. The molecule has 0 atom stereocenters. The number of fused-ring (bicyclic) bond motifs is 7. The van der Waals surface area contributed by atoms with Gasteiger partial charge in [-0.1, -0.05) is 99.6 Å². The fourth-order valence-corrected chi connectivity index (χ4v) is 4.50. The molecule has 30 heavy (non-hydrogen) atoms. The van der Waals surface area contributed by atoms with Crippen LogP contribution in [0.1, 0.15) is 26.3 Å². The first-order chi connectivity index (χ1) is 14.4. The highest BCUT2D eigenvalue weighted by Gasteiger charge is 2.18. The zero-order valence-corrected chi connectivity index (χ0v) is 17.7. The summed E-state index contributed by atoms with van der Waals surface area (Å²) in [5.74, 6) is 0. The SMILES string of the molecule is CC(C)(C)c1cccc2c1[nH]c1c(N)cccc1c1ccccc1c1ccccc21. The number of H-pyrrole nitrogens is 1. The van der Waals surface area contributed by atoms with E-state index in [-0.39, 0.29) is 5.41 Å². The molecule has 1 aromatic heterocycles. The summed E-state index contributed by atoms with van der Waals surface area (Å²) >= 11 is 0. The van der Waals surface area contributed by atoms with Crippen LogP contribution in [-0.4, -0.2) is 4.98 Å². The lowest BCUT2D eigenvalue weighted by Gasteiger charge is -2.21. The molecule has 0 saturated heterocycles. The highest BCUT2D eigenvalue weighted by Crippen LogP contribution is 2.35. The number of benzene rings is 4. The topological polar surface area (TPSA) is 41.8 Å². The van der Waals surface area contributed by atoms with Crippen molar-refractivity contribution < 1.29 is 0 Å². The zero-order valence-electron chi connectivity index (χ0n) is 17.7. The van der Waals surface area contributed by atoms with Crippen molar-refractivity contribution in [2.24, 2.45) is 0 Å². The Bertz CT molecular complexity index is 1480. The summed E-state index contributed by atoms with van der Waals surface area (Å²) in [6.07, 6.45) is 0. The summed E-state index contributed by atoms with van der Waals surface area (Å²) in [6, 6.07) is 30.0. The summed E-state index contributed by atoms with van der Waals surface area (Å²) in [4.78, 5) is 3.78. The molecule has 1 heterocycles. The Labute approximate surface area is 176 Å². The Morgan fingerprint density at radius 3 is 1.50 bits per heavy atom. The molecule has 0 bridgehead atoms. The number of hydrogen-bond donors (Lipinski definition) is 2. The van der Waals surface area contributed by atoms with E-state index in [2.05, 4.69) is 98.6 Å². The number of rotatable bonds is 0. The van der Waals surface area contributed by atoms with Gasteiger partial charge < -0.3 is 10.7 Å². The number of aromatic nitrogens is 1. The lowest BCUT2D eigenvalue weighted by molar-refractivity contribution is 0.595. The number of aromatic amines is 1. The van der Waals surface area contributed by atoms with Gasteiger partial charge in [0.15, 0.2) is 0 Å². The standard InChI is InChI=1S/C28H26N2/c1-28(2,3)24-16-8-14-22-20-12-6-4-10-18(20)19-11-5-7-13-21(19)23-15-9-17-25(29)27(23)30-26(22)24/h4-17,30H,29H2,1-3H3. The normalized spacial score (nSPS) is 12.0. The molecule has 0 saturated carbocycles. The van der Waals surface area contributed by atoms with Gasteiger partial charge in [-0.05, 0) is 38.6 Å². The second-order valence-electron chi connectivity index (χ2n) is 8.96. The Balaban J connectivity index is 2.26. The third kappa shape index (κ3) is 2.88. The molecule has 3 N–H and O–H groups in total. The Morgan fingerprint density at radius 1 is 0.533 bits per heavy atom. The van der Waals surface area contributed by atoms with Crippen LogP contribution in [0.5, 0.6) is 0 Å². The molecule has 5 rings (SSSR count). The maximum Gasteiger partial charge on any atom is 0.0697 e. The van der Waals surface area contributed by atoms with Crippen molar-refractivity contribution in [3.05, 3.63) is 90.5 Å². The number of para-hydroxylation sites is 2. The predicted molar refractivity (Wildman–Crippen MR) is 132 cm³/mol. The van der Waals surface area contributed by atoms with Gasteiger partial charge in [0.1, 0.15) is 0 Å². The van der Waals surface area contributed by atoms with Crippen LogP contribution >= 0.6 is 0 Å². The second-order valence-corrected chi connectivity index (χ2v) is 8.96. The maximum absolute atomic E-state index is 6.53. The number of nitrogens with one attached hydrogen (secondary N) is 1. The van der Waals surface area contributed by atoms with Gasteiger partial charge in [0.25, 0.3) is 0 Å². The quantitative estimate of drug-likeness (QED) is 0.262. The van der Waals surface area contributed by atoms with E-state index in [1.165, 1.54) is 32.5 Å². The summed E-state index contributed by atoms with van der Waals surface area (Å²) in [7, 11) is 0. The minimum atomic E-state index is -0.0160. The van der Waals surface area contributed by atoms with Crippen LogP contribution in [0.4, 0.5) is 5.69 Å². The van der Waals surface area contributed by atoms with Crippen LogP contribution in [0.2, 0.25) is 0 Å². The van der Waals surface area contributed by atoms with E-state index in [1.54, 1.807) is 0 Å². The minimum absolute atomic E-state index is 0.0160. The molecule has 2 nitrogen and oxygen atoms in total. The van der Waals surface area contributed by atoms with Crippen molar-refractivity contribution in [1.82, 2.24) is 4.98 Å². The van der Waals surface area contributed by atoms with Crippen LogP contribution < -0.4 is 5.73 Å². The van der Waals surface area contributed by atoms with Crippen LogP contribution in [0, 0.1) is 0 Å². The average molecular weight is 391 g/mol. The van der Waals surface area contributed by atoms with Crippen LogP contribution in [-0.2, 0) is 5.41 Å². The van der Waals surface area contributed by atoms with Gasteiger partial charge in [-0.2, -0.15) is 0 Å². The lowest BCUT2D eigenvalue weighted by atomic mass is 9.85. The molecule has 0 aliphatic rings. The van der Waals surface area contributed by atoms with Crippen molar-refractivity contribution in [2.75, 3.05) is 5.73 Å². The van der Waals surface area contributed by atoms with E-state index in [0.717, 1.165) is 22.1 Å². The van der Waals surface area contributed by atoms with Crippen molar-refractivity contribution in [3.8, 4) is 0 Å². The summed E-state index contributed by atoms with van der Waals surface area (Å²) in [5, 5.41) is 7.18. The first-order valence-corrected chi connectivity index (χ1v) is 10.4. The lowest BCUT2D eigenvalue weighted by Crippen LogP contribution is -2.12. The highest BCUT2D eigenvalue weighted by atomic mass is 14.7. The molecular weight excluding hydrogens is 364 g/mol. The molecular formula is C28H26N2. The first-order valence-electron chi connectivity index (χ1n) is 10.4. The second kappa shape index (κ2) is 6.77. The van der Waals surface area contributed by atoms with E-state index in [4.69, 9.17) is 5.73 Å². The molecule has 0 unspecified atom stereocenters. The van der Waals surface area contributed by atoms with Crippen molar-refractivity contribution in [1.29, 1.82) is 0 Å². The van der Waals surface area contributed by atoms with Gasteiger partial charge in [0.2, 0.25) is 0 Å². The predicted octanol–water partition coefficient (Wildman–Crippen LogP) is 7.63. The number of nitrogen functional groups attached to an aromatic ring is 1. The average Bonchev–Trinajstić information content (AvgIpc) is 2.79. The van der Waals surface area contributed by atoms with E-state index < -0.39 is 0 Å². The van der Waals surface area contributed by atoms with E-state index in [9.17, 15) is 0 Å². The molecule has 0 spiro atoms.